The van der Waals surface area contributed by atoms with E-state index < -0.39 is 0 Å². The van der Waals surface area contributed by atoms with Crippen molar-refractivity contribution in [1.29, 1.82) is 0 Å². The Morgan fingerprint density at radius 3 is 2.84 bits per heavy atom. The summed E-state index contributed by atoms with van der Waals surface area (Å²) in [5.41, 5.74) is 7.34. The van der Waals surface area contributed by atoms with Gasteiger partial charge in [-0.1, -0.05) is 12.8 Å². The van der Waals surface area contributed by atoms with E-state index in [1.807, 2.05) is 16.6 Å². The minimum absolute atomic E-state index is 0.414. The Labute approximate surface area is 120 Å². The summed E-state index contributed by atoms with van der Waals surface area (Å²) >= 11 is 3.52. The number of hydrogen-bond acceptors (Lipinski definition) is 4. The first-order chi connectivity index (χ1) is 9.20. The molecule has 2 aromatic heterocycles. The molecule has 1 aliphatic rings. The number of aromatic nitrogens is 3. The van der Waals surface area contributed by atoms with Crippen LogP contribution in [0.25, 0.3) is 5.65 Å². The van der Waals surface area contributed by atoms with Crippen molar-refractivity contribution in [3.05, 3.63) is 22.4 Å². The lowest BCUT2D eigenvalue weighted by molar-refractivity contribution is 0.639. The maximum Gasteiger partial charge on any atom is 0.155 e. The summed E-state index contributed by atoms with van der Waals surface area (Å²) < 4.78 is 2.68. The number of nitrogens with two attached hydrogens (primary N) is 1. The van der Waals surface area contributed by atoms with Gasteiger partial charge in [-0.15, -0.1) is 5.10 Å². The van der Waals surface area contributed by atoms with E-state index in [0.717, 1.165) is 21.8 Å². The summed E-state index contributed by atoms with van der Waals surface area (Å²) in [6.45, 7) is 0.414. The lowest BCUT2D eigenvalue weighted by Gasteiger charge is -2.25. The van der Waals surface area contributed by atoms with Crippen LogP contribution in [-0.2, 0) is 6.54 Å². The second kappa shape index (κ2) is 5.09. The van der Waals surface area contributed by atoms with Crippen LogP contribution in [0.1, 0.15) is 31.4 Å². The molecule has 19 heavy (non-hydrogen) atoms. The maximum atomic E-state index is 5.67. The zero-order valence-corrected chi connectivity index (χ0v) is 12.6. The molecule has 0 saturated heterocycles. The molecule has 0 unspecified atom stereocenters. The van der Waals surface area contributed by atoms with Gasteiger partial charge in [0.15, 0.2) is 5.65 Å². The van der Waals surface area contributed by atoms with Crippen LogP contribution in [-0.4, -0.2) is 27.7 Å². The molecule has 102 valence electrons. The third-order valence-electron chi connectivity index (χ3n) is 3.90. The standard InChI is InChI=1S/C13H18BrN5/c1-18(9-4-2-3-5-9)12-7-6-11-16-10(8-15)13(14)19(11)17-12/h6-7,9H,2-5,8,15H2,1H3. The van der Waals surface area contributed by atoms with Crippen LogP contribution >= 0.6 is 15.9 Å². The van der Waals surface area contributed by atoms with E-state index in [-0.39, 0.29) is 0 Å². The van der Waals surface area contributed by atoms with Crippen molar-refractivity contribution in [2.45, 2.75) is 38.3 Å². The summed E-state index contributed by atoms with van der Waals surface area (Å²) in [5, 5.41) is 4.67. The van der Waals surface area contributed by atoms with Crippen LogP contribution in [0.2, 0.25) is 0 Å². The van der Waals surface area contributed by atoms with Crippen LogP contribution in [0.4, 0.5) is 5.82 Å². The number of fused-ring (bicyclic) bond motifs is 1. The summed E-state index contributed by atoms with van der Waals surface area (Å²) in [6, 6.07) is 4.65. The molecule has 1 fully saturated rings. The number of rotatable bonds is 3. The number of imidazole rings is 1. The highest BCUT2D eigenvalue weighted by Crippen LogP contribution is 2.26. The number of hydrogen-bond donors (Lipinski definition) is 1. The molecule has 2 aromatic rings. The third kappa shape index (κ3) is 2.23. The van der Waals surface area contributed by atoms with E-state index in [4.69, 9.17) is 5.73 Å². The zero-order valence-electron chi connectivity index (χ0n) is 11.0. The maximum absolute atomic E-state index is 5.67. The van der Waals surface area contributed by atoms with Gasteiger partial charge in [0, 0.05) is 19.6 Å². The topological polar surface area (TPSA) is 59.5 Å². The molecular formula is C13H18BrN5. The van der Waals surface area contributed by atoms with Crippen molar-refractivity contribution >= 4 is 27.4 Å². The summed E-state index contributed by atoms with van der Waals surface area (Å²) in [6.07, 6.45) is 5.16. The van der Waals surface area contributed by atoms with E-state index in [9.17, 15) is 0 Å². The molecular weight excluding hydrogens is 306 g/mol. The molecule has 3 rings (SSSR count). The summed E-state index contributed by atoms with van der Waals surface area (Å²) in [7, 11) is 2.12. The van der Waals surface area contributed by atoms with Crippen LogP contribution in [0.15, 0.2) is 16.7 Å². The molecule has 2 N–H and O–H groups in total. The van der Waals surface area contributed by atoms with E-state index >= 15 is 0 Å². The van der Waals surface area contributed by atoms with Crippen LogP contribution in [0, 0.1) is 0 Å². The van der Waals surface area contributed by atoms with E-state index in [1.165, 1.54) is 25.7 Å². The molecule has 1 aliphatic carbocycles. The lowest BCUT2D eigenvalue weighted by Crippen LogP contribution is -2.29. The van der Waals surface area contributed by atoms with Crippen molar-refractivity contribution in [3.8, 4) is 0 Å². The molecule has 0 spiro atoms. The van der Waals surface area contributed by atoms with Gasteiger partial charge in [-0.3, -0.25) is 0 Å². The van der Waals surface area contributed by atoms with Crippen molar-refractivity contribution < 1.29 is 0 Å². The Balaban J connectivity index is 1.98. The average molecular weight is 324 g/mol. The molecule has 0 aliphatic heterocycles. The molecule has 0 bridgehead atoms. The monoisotopic (exact) mass is 323 g/mol. The van der Waals surface area contributed by atoms with Gasteiger partial charge in [0.25, 0.3) is 0 Å². The van der Waals surface area contributed by atoms with E-state index in [1.54, 1.807) is 0 Å². The van der Waals surface area contributed by atoms with Gasteiger partial charge in [-0.25, -0.2) is 9.50 Å². The van der Waals surface area contributed by atoms with Gasteiger partial charge in [-0.2, -0.15) is 0 Å². The zero-order chi connectivity index (χ0) is 13.4. The average Bonchev–Trinajstić information content (AvgIpc) is 3.06. The fraction of sp³-hybridized carbons (Fsp3) is 0.538. The number of nitrogens with zero attached hydrogens (tertiary/aromatic N) is 4. The SMILES string of the molecule is CN(c1ccc2nc(CN)c(Br)n2n1)C1CCCC1. The molecule has 2 heterocycles. The van der Waals surface area contributed by atoms with Gasteiger partial charge in [-0.05, 0) is 40.9 Å². The molecule has 1 saturated carbocycles. The molecule has 0 radical (unpaired) electrons. The molecule has 0 atom stereocenters. The van der Waals surface area contributed by atoms with Crippen LogP contribution in [0.3, 0.4) is 0 Å². The van der Waals surface area contributed by atoms with Crippen molar-refractivity contribution in [2.75, 3.05) is 11.9 Å². The smallest absolute Gasteiger partial charge is 0.155 e. The Kier molecular flexibility index (Phi) is 3.45. The van der Waals surface area contributed by atoms with Gasteiger partial charge < -0.3 is 10.6 Å². The molecule has 0 amide bonds. The van der Waals surface area contributed by atoms with E-state index in [0.29, 0.717) is 12.6 Å². The first-order valence-electron chi connectivity index (χ1n) is 6.68. The van der Waals surface area contributed by atoms with Gasteiger partial charge in [0.2, 0.25) is 0 Å². The summed E-state index contributed by atoms with van der Waals surface area (Å²) in [5.74, 6) is 0.987. The summed E-state index contributed by atoms with van der Waals surface area (Å²) in [4.78, 5) is 6.72. The highest BCUT2D eigenvalue weighted by molar-refractivity contribution is 9.10. The van der Waals surface area contributed by atoms with Crippen LogP contribution in [0.5, 0.6) is 0 Å². The Hall–Kier alpha value is -1.14. The molecule has 6 heteroatoms. The number of anilines is 1. The fourth-order valence-corrected chi connectivity index (χ4v) is 3.25. The predicted molar refractivity (Wildman–Crippen MR) is 79.2 cm³/mol. The van der Waals surface area contributed by atoms with E-state index in [2.05, 4.69) is 38.0 Å². The van der Waals surface area contributed by atoms with Crippen LogP contribution < -0.4 is 10.6 Å². The van der Waals surface area contributed by atoms with Gasteiger partial charge >= 0.3 is 0 Å². The largest absolute Gasteiger partial charge is 0.355 e. The fourth-order valence-electron chi connectivity index (χ4n) is 2.74. The van der Waals surface area contributed by atoms with Crippen molar-refractivity contribution in [2.24, 2.45) is 5.73 Å². The minimum atomic E-state index is 0.414. The second-order valence-electron chi connectivity index (χ2n) is 5.06. The minimum Gasteiger partial charge on any atom is -0.355 e. The lowest BCUT2D eigenvalue weighted by atomic mass is 10.2. The van der Waals surface area contributed by atoms with Gasteiger partial charge in [0.1, 0.15) is 10.4 Å². The Morgan fingerprint density at radius 2 is 2.16 bits per heavy atom. The number of halogens is 1. The quantitative estimate of drug-likeness (QED) is 0.941. The molecule has 0 aromatic carbocycles. The third-order valence-corrected chi connectivity index (χ3v) is 4.70. The first kappa shape index (κ1) is 12.9. The first-order valence-corrected chi connectivity index (χ1v) is 7.47. The van der Waals surface area contributed by atoms with Crippen molar-refractivity contribution in [1.82, 2.24) is 14.6 Å². The normalized spacial score (nSPS) is 16.4. The van der Waals surface area contributed by atoms with Gasteiger partial charge in [0.05, 0.1) is 5.69 Å². The second-order valence-corrected chi connectivity index (χ2v) is 5.82. The molecule has 5 nitrogen and oxygen atoms in total. The highest BCUT2D eigenvalue weighted by Gasteiger charge is 2.21. The van der Waals surface area contributed by atoms with Crippen molar-refractivity contribution in [3.63, 3.8) is 0 Å². The highest BCUT2D eigenvalue weighted by atomic mass is 79.9. The Bertz CT molecular complexity index is 588. The predicted octanol–water partition coefficient (Wildman–Crippen LogP) is 2.33. The Morgan fingerprint density at radius 1 is 1.42 bits per heavy atom.